The molecule has 1 aliphatic carbocycles. The van der Waals surface area contributed by atoms with Crippen molar-refractivity contribution in [3.8, 4) is 0 Å². The number of carbonyl (C=O) groups is 1. The minimum absolute atomic E-state index is 0.0386. The summed E-state index contributed by atoms with van der Waals surface area (Å²) in [5.41, 5.74) is -1.18. The molecule has 1 aliphatic rings. The van der Waals surface area contributed by atoms with Gasteiger partial charge in [0.15, 0.2) is 0 Å². The molecule has 0 amide bonds. The molecule has 0 atom stereocenters. The lowest BCUT2D eigenvalue weighted by molar-refractivity contribution is -0.143. The van der Waals surface area contributed by atoms with E-state index in [0.29, 0.717) is 12.8 Å². The van der Waals surface area contributed by atoms with Gasteiger partial charge >= 0.3 is 5.97 Å². The van der Waals surface area contributed by atoms with E-state index in [0.717, 1.165) is 12.8 Å². The zero-order chi connectivity index (χ0) is 12.6. The lowest BCUT2D eigenvalue weighted by Gasteiger charge is -2.26. The van der Waals surface area contributed by atoms with Crippen LogP contribution in [0.5, 0.6) is 0 Å². The Hall–Kier alpha value is -0.800. The first-order valence-corrected chi connectivity index (χ1v) is 6.12. The van der Waals surface area contributed by atoms with Crippen molar-refractivity contribution in [2.45, 2.75) is 31.1 Å². The van der Waals surface area contributed by atoms with E-state index in [1.165, 1.54) is 12.1 Å². The van der Waals surface area contributed by atoms with Crippen molar-refractivity contribution >= 4 is 29.2 Å². The largest absolute Gasteiger partial charge is 0.481 e. The Morgan fingerprint density at radius 3 is 2.29 bits per heavy atom. The van der Waals surface area contributed by atoms with E-state index < -0.39 is 17.2 Å². The number of hydrogen-bond donors (Lipinski definition) is 1. The van der Waals surface area contributed by atoms with Crippen molar-refractivity contribution in [2.75, 3.05) is 0 Å². The van der Waals surface area contributed by atoms with E-state index in [2.05, 4.69) is 0 Å². The molecule has 92 valence electrons. The number of carboxylic acids is 1. The van der Waals surface area contributed by atoms with Crippen molar-refractivity contribution in [1.82, 2.24) is 0 Å². The fraction of sp³-hybridized carbons (Fsp3) is 0.417. The molecule has 5 heteroatoms. The van der Waals surface area contributed by atoms with Gasteiger partial charge in [0.05, 0.1) is 10.4 Å². The minimum Gasteiger partial charge on any atom is -0.481 e. The first-order chi connectivity index (χ1) is 7.99. The van der Waals surface area contributed by atoms with Crippen molar-refractivity contribution in [3.63, 3.8) is 0 Å². The molecule has 1 aromatic rings. The quantitative estimate of drug-likeness (QED) is 0.829. The highest BCUT2D eigenvalue weighted by Crippen LogP contribution is 2.46. The Kier molecular flexibility index (Phi) is 3.32. The topological polar surface area (TPSA) is 37.3 Å². The summed E-state index contributed by atoms with van der Waals surface area (Å²) in [5, 5.41) is 9.44. The maximum absolute atomic E-state index is 14.0. The Morgan fingerprint density at radius 1 is 1.24 bits per heavy atom. The lowest BCUT2D eigenvalue weighted by atomic mass is 9.78. The van der Waals surface area contributed by atoms with Crippen LogP contribution in [0.4, 0.5) is 4.39 Å². The van der Waals surface area contributed by atoms with Crippen LogP contribution in [0.25, 0.3) is 0 Å². The summed E-state index contributed by atoms with van der Waals surface area (Å²) in [4.78, 5) is 11.5. The van der Waals surface area contributed by atoms with Gasteiger partial charge in [-0.2, -0.15) is 0 Å². The van der Waals surface area contributed by atoms with Gasteiger partial charge in [0, 0.05) is 10.6 Å². The van der Waals surface area contributed by atoms with E-state index in [-0.39, 0.29) is 15.6 Å². The number of hydrogen-bond acceptors (Lipinski definition) is 1. The zero-order valence-corrected chi connectivity index (χ0v) is 10.5. The van der Waals surface area contributed by atoms with Gasteiger partial charge in [-0.1, -0.05) is 36.0 Å². The van der Waals surface area contributed by atoms with Crippen molar-refractivity contribution in [3.05, 3.63) is 33.6 Å². The predicted octanol–water partition coefficient (Wildman–Crippen LogP) is 4.03. The maximum atomic E-state index is 14.0. The first-order valence-electron chi connectivity index (χ1n) is 5.36. The molecule has 1 N–H and O–H groups in total. The third kappa shape index (κ3) is 1.91. The summed E-state index contributed by atoms with van der Waals surface area (Å²) in [6, 6.07) is 2.79. The average molecular weight is 277 g/mol. The fourth-order valence-electron chi connectivity index (χ4n) is 2.52. The second-order valence-corrected chi connectivity index (χ2v) is 5.13. The highest BCUT2D eigenvalue weighted by atomic mass is 35.5. The Bertz CT molecular complexity index is 468. The van der Waals surface area contributed by atoms with Crippen molar-refractivity contribution in [2.24, 2.45) is 0 Å². The van der Waals surface area contributed by atoms with Crippen LogP contribution in [0, 0.1) is 5.82 Å². The van der Waals surface area contributed by atoms with Gasteiger partial charge in [-0.05, 0) is 25.0 Å². The number of halogens is 3. The summed E-state index contributed by atoms with van der Waals surface area (Å²) < 4.78 is 14.0. The van der Waals surface area contributed by atoms with Crippen LogP contribution in [-0.2, 0) is 10.2 Å². The molecule has 2 nitrogen and oxygen atoms in total. The standard InChI is InChI=1S/C12H11Cl2FO2/c13-7-3-4-8(14)10(15)9(7)12(11(16)17)5-1-2-6-12/h3-4H,1-2,5-6H2,(H,16,17). The van der Waals surface area contributed by atoms with Gasteiger partial charge in [0.25, 0.3) is 0 Å². The van der Waals surface area contributed by atoms with Gasteiger partial charge in [-0.15, -0.1) is 0 Å². The van der Waals surface area contributed by atoms with Crippen LogP contribution in [0.2, 0.25) is 10.0 Å². The third-order valence-electron chi connectivity index (χ3n) is 3.39. The summed E-state index contributed by atoms with van der Waals surface area (Å²) >= 11 is 11.7. The maximum Gasteiger partial charge on any atom is 0.314 e. The molecular weight excluding hydrogens is 266 g/mol. The molecule has 0 bridgehead atoms. The van der Waals surface area contributed by atoms with Crippen molar-refractivity contribution in [1.29, 1.82) is 0 Å². The molecule has 0 saturated heterocycles. The van der Waals surface area contributed by atoms with Crippen LogP contribution in [0.15, 0.2) is 12.1 Å². The van der Waals surface area contributed by atoms with Crippen LogP contribution >= 0.6 is 23.2 Å². The fourth-order valence-corrected chi connectivity index (χ4v) is 3.00. The molecule has 0 unspecified atom stereocenters. The van der Waals surface area contributed by atoms with Crippen LogP contribution < -0.4 is 0 Å². The molecule has 17 heavy (non-hydrogen) atoms. The molecule has 0 radical (unpaired) electrons. The lowest BCUT2D eigenvalue weighted by Crippen LogP contribution is -2.34. The molecule has 2 rings (SSSR count). The van der Waals surface area contributed by atoms with E-state index >= 15 is 0 Å². The number of carboxylic acid groups (broad SMARTS) is 1. The second-order valence-electron chi connectivity index (χ2n) is 4.31. The number of rotatable bonds is 2. The van der Waals surface area contributed by atoms with Gasteiger partial charge in [-0.25, -0.2) is 4.39 Å². The number of benzene rings is 1. The van der Waals surface area contributed by atoms with E-state index in [9.17, 15) is 14.3 Å². The number of aliphatic carboxylic acids is 1. The first kappa shape index (κ1) is 12.7. The van der Waals surface area contributed by atoms with E-state index in [4.69, 9.17) is 23.2 Å². The SMILES string of the molecule is O=C(O)C1(c2c(Cl)ccc(Cl)c2F)CCCC1. The molecule has 1 fully saturated rings. The monoisotopic (exact) mass is 276 g/mol. The molecular formula is C12H11Cl2FO2. The summed E-state index contributed by atoms with van der Waals surface area (Å²) in [5.74, 6) is -1.73. The Labute approximate surface area is 108 Å². The third-order valence-corrected chi connectivity index (χ3v) is 4.00. The highest BCUT2D eigenvalue weighted by Gasteiger charge is 2.46. The predicted molar refractivity (Wildman–Crippen MR) is 64.2 cm³/mol. The van der Waals surface area contributed by atoms with Gasteiger partial charge < -0.3 is 5.11 Å². The minimum atomic E-state index is -1.22. The van der Waals surface area contributed by atoms with Crippen LogP contribution in [0.3, 0.4) is 0 Å². The molecule has 0 aromatic heterocycles. The summed E-state index contributed by atoms with van der Waals surface area (Å²) in [7, 11) is 0. The second kappa shape index (κ2) is 4.46. The molecule has 0 aliphatic heterocycles. The van der Waals surface area contributed by atoms with Gasteiger partial charge in [0.1, 0.15) is 5.82 Å². The van der Waals surface area contributed by atoms with Crippen LogP contribution in [0.1, 0.15) is 31.2 Å². The Morgan fingerprint density at radius 2 is 1.76 bits per heavy atom. The normalized spacial score (nSPS) is 18.3. The smallest absolute Gasteiger partial charge is 0.314 e. The van der Waals surface area contributed by atoms with E-state index in [1.54, 1.807) is 0 Å². The van der Waals surface area contributed by atoms with E-state index in [1.807, 2.05) is 0 Å². The molecule has 1 saturated carbocycles. The molecule has 0 spiro atoms. The van der Waals surface area contributed by atoms with Gasteiger partial charge in [-0.3, -0.25) is 4.79 Å². The summed E-state index contributed by atoms with van der Waals surface area (Å²) in [6.07, 6.45) is 2.32. The summed E-state index contributed by atoms with van der Waals surface area (Å²) in [6.45, 7) is 0. The Balaban J connectivity index is 2.66. The average Bonchev–Trinajstić information content (AvgIpc) is 2.74. The van der Waals surface area contributed by atoms with Crippen molar-refractivity contribution < 1.29 is 14.3 Å². The highest BCUT2D eigenvalue weighted by molar-refractivity contribution is 6.34. The zero-order valence-electron chi connectivity index (χ0n) is 8.97. The molecule has 1 aromatic carbocycles. The van der Waals surface area contributed by atoms with Gasteiger partial charge in [0.2, 0.25) is 0 Å². The molecule has 0 heterocycles. The van der Waals surface area contributed by atoms with Crippen LogP contribution in [-0.4, -0.2) is 11.1 Å².